The number of esters is 3. The Bertz CT molecular complexity index is 1660. The maximum atomic E-state index is 12.8. The summed E-state index contributed by atoms with van der Waals surface area (Å²) in [6, 6.07) is 0. The van der Waals surface area contributed by atoms with E-state index in [0.717, 1.165) is 161 Å². The third-order valence-electron chi connectivity index (χ3n) is 12.3. The largest absolute Gasteiger partial charge is 0.462 e. The van der Waals surface area contributed by atoms with Gasteiger partial charge in [-0.05, 0) is 141 Å². The molecule has 0 aliphatic rings. The van der Waals surface area contributed by atoms with Crippen molar-refractivity contribution in [1.29, 1.82) is 0 Å². The fourth-order valence-corrected chi connectivity index (χ4v) is 7.74. The van der Waals surface area contributed by atoms with Gasteiger partial charge in [0.2, 0.25) is 0 Å². The van der Waals surface area contributed by atoms with Crippen molar-refractivity contribution in [3.05, 3.63) is 146 Å². The Labute approximate surface area is 461 Å². The molecule has 0 rings (SSSR count). The highest BCUT2D eigenvalue weighted by molar-refractivity contribution is 5.71. The highest BCUT2D eigenvalue weighted by Gasteiger charge is 2.19. The van der Waals surface area contributed by atoms with Crippen molar-refractivity contribution in [1.82, 2.24) is 0 Å². The molecule has 75 heavy (non-hydrogen) atoms. The van der Waals surface area contributed by atoms with Crippen LogP contribution in [-0.2, 0) is 28.6 Å². The number of unbranched alkanes of at least 4 members (excludes halogenated alkanes) is 18. The first-order valence-electron chi connectivity index (χ1n) is 30.3. The summed E-state index contributed by atoms with van der Waals surface area (Å²) in [5.74, 6) is -0.966. The molecule has 0 bridgehead atoms. The van der Waals surface area contributed by atoms with Crippen molar-refractivity contribution in [3.8, 4) is 0 Å². The molecule has 0 N–H and O–H groups in total. The van der Waals surface area contributed by atoms with Gasteiger partial charge >= 0.3 is 17.9 Å². The summed E-state index contributed by atoms with van der Waals surface area (Å²) in [6.07, 6.45) is 88.5. The minimum atomic E-state index is -0.808. The lowest BCUT2D eigenvalue weighted by molar-refractivity contribution is -0.167. The van der Waals surface area contributed by atoms with Crippen molar-refractivity contribution in [2.24, 2.45) is 0 Å². The summed E-state index contributed by atoms with van der Waals surface area (Å²) in [6.45, 7) is 6.40. The molecule has 1 atom stereocenters. The summed E-state index contributed by atoms with van der Waals surface area (Å²) < 4.78 is 16.8. The number of carbonyl (C=O) groups excluding carboxylic acids is 3. The molecule has 0 aromatic carbocycles. The fourth-order valence-electron chi connectivity index (χ4n) is 7.74. The normalized spacial score (nSPS) is 13.2. The molecule has 422 valence electrons. The molecule has 0 heterocycles. The molecular formula is C69H110O6. The number of hydrogen-bond donors (Lipinski definition) is 0. The van der Waals surface area contributed by atoms with E-state index in [1.54, 1.807) is 0 Å². The minimum Gasteiger partial charge on any atom is -0.462 e. The number of ether oxygens (including phenoxy) is 3. The first-order valence-corrected chi connectivity index (χ1v) is 30.3. The Kier molecular flexibility index (Phi) is 58.0. The second-order valence-electron chi connectivity index (χ2n) is 19.5. The highest BCUT2D eigenvalue weighted by atomic mass is 16.6. The molecule has 0 fully saturated rings. The van der Waals surface area contributed by atoms with E-state index in [0.29, 0.717) is 19.3 Å². The van der Waals surface area contributed by atoms with E-state index in [1.165, 1.54) is 51.4 Å². The molecule has 0 radical (unpaired) electrons. The van der Waals surface area contributed by atoms with Crippen LogP contribution in [0.15, 0.2) is 146 Å². The lowest BCUT2D eigenvalue weighted by atomic mass is 10.1. The Morgan fingerprint density at radius 1 is 0.280 bits per heavy atom. The van der Waals surface area contributed by atoms with Crippen molar-refractivity contribution < 1.29 is 28.6 Å². The van der Waals surface area contributed by atoms with Crippen LogP contribution in [0.2, 0.25) is 0 Å². The highest BCUT2D eigenvalue weighted by Crippen LogP contribution is 2.13. The topological polar surface area (TPSA) is 78.9 Å². The van der Waals surface area contributed by atoms with Gasteiger partial charge in [0.25, 0.3) is 0 Å². The molecule has 0 aliphatic carbocycles. The summed E-state index contributed by atoms with van der Waals surface area (Å²) >= 11 is 0. The zero-order valence-electron chi connectivity index (χ0n) is 48.3. The van der Waals surface area contributed by atoms with E-state index in [9.17, 15) is 14.4 Å². The van der Waals surface area contributed by atoms with Gasteiger partial charge in [0, 0.05) is 19.3 Å². The van der Waals surface area contributed by atoms with Crippen LogP contribution < -0.4 is 0 Å². The van der Waals surface area contributed by atoms with E-state index in [4.69, 9.17) is 14.2 Å². The van der Waals surface area contributed by atoms with Crippen molar-refractivity contribution >= 4 is 17.9 Å². The molecule has 0 amide bonds. The van der Waals surface area contributed by atoms with E-state index in [2.05, 4.69) is 167 Å². The third-order valence-corrected chi connectivity index (χ3v) is 12.3. The Hall–Kier alpha value is -4.71. The van der Waals surface area contributed by atoms with Crippen LogP contribution in [0.1, 0.15) is 252 Å². The average molecular weight is 1040 g/mol. The molecule has 0 aromatic rings. The van der Waals surface area contributed by atoms with Gasteiger partial charge in [-0.25, -0.2) is 0 Å². The first-order chi connectivity index (χ1) is 37.0. The molecule has 0 spiro atoms. The van der Waals surface area contributed by atoms with Gasteiger partial charge in [0.15, 0.2) is 6.10 Å². The summed E-state index contributed by atoms with van der Waals surface area (Å²) in [4.78, 5) is 38.1. The van der Waals surface area contributed by atoms with Crippen molar-refractivity contribution in [3.63, 3.8) is 0 Å². The van der Waals surface area contributed by atoms with Crippen LogP contribution in [0.3, 0.4) is 0 Å². The zero-order chi connectivity index (χ0) is 54.3. The van der Waals surface area contributed by atoms with E-state index in [1.807, 2.05) is 0 Å². The minimum absolute atomic E-state index is 0.103. The molecule has 6 nitrogen and oxygen atoms in total. The average Bonchev–Trinajstić information content (AvgIpc) is 3.41. The maximum Gasteiger partial charge on any atom is 0.306 e. The van der Waals surface area contributed by atoms with Crippen LogP contribution in [0.5, 0.6) is 0 Å². The molecule has 1 unspecified atom stereocenters. The molecule has 0 aromatic heterocycles. The lowest BCUT2D eigenvalue weighted by Gasteiger charge is -2.18. The van der Waals surface area contributed by atoms with Crippen LogP contribution in [0.25, 0.3) is 0 Å². The van der Waals surface area contributed by atoms with Gasteiger partial charge in [-0.3, -0.25) is 14.4 Å². The van der Waals surface area contributed by atoms with Crippen molar-refractivity contribution in [2.45, 2.75) is 258 Å². The van der Waals surface area contributed by atoms with Gasteiger partial charge in [-0.15, -0.1) is 0 Å². The summed E-state index contributed by atoms with van der Waals surface area (Å²) in [5.41, 5.74) is 0. The molecule has 0 saturated heterocycles. The first kappa shape index (κ1) is 70.3. The number of allylic oxidation sites excluding steroid dienone is 24. The van der Waals surface area contributed by atoms with Crippen molar-refractivity contribution in [2.75, 3.05) is 13.2 Å². The van der Waals surface area contributed by atoms with Crippen LogP contribution in [0, 0.1) is 0 Å². The summed E-state index contributed by atoms with van der Waals surface area (Å²) in [5, 5.41) is 0. The van der Waals surface area contributed by atoms with Crippen LogP contribution in [0.4, 0.5) is 0 Å². The lowest BCUT2D eigenvalue weighted by Crippen LogP contribution is -2.30. The van der Waals surface area contributed by atoms with E-state index >= 15 is 0 Å². The Balaban J connectivity index is 4.37. The predicted octanol–water partition coefficient (Wildman–Crippen LogP) is 20.8. The zero-order valence-corrected chi connectivity index (χ0v) is 48.3. The fraction of sp³-hybridized carbons (Fsp3) is 0.609. The number of hydrogen-bond acceptors (Lipinski definition) is 6. The van der Waals surface area contributed by atoms with Gasteiger partial charge in [0.05, 0.1) is 0 Å². The van der Waals surface area contributed by atoms with Gasteiger partial charge in [0.1, 0.15) is 13.2 Å². The van der Waals surface area contributed by atoms with Crippen LogP contribution in [-0.4, -0.2) is 37.2 Å². The smallest absolute Gasteiger partial charge is 0.306 e. The molecular weight excluding hydrogens is 925 g/mol. The SMILES string of the molecule is CC/C=C\C/C=C\C/C=C\C/C=C\C/C=C\C/C=C\C/C=C\C/C=C\C/C=C\CCCCCC(=O)OCC(COC(=O)CCCCCCC/C=C\CCCCC)OC(=O)CCCCCCC/C=C\C/C=C\CCCC. The van der Waals surface area contributed by atoms with Gasteiger partial charge in [-0.2, -0.15) is 0 Å². The molecule has 6 heteroatoms. The predicted molar refractivity (Wildman–Crippen MR) is 325 cm³/mol. The Morgan fingerprint density at radius 3 is 0.880 bits per heavy atom. The quantitative estimate of drug-likeness (QED) is 0.0261. The van der Waals surface area contributed by atoms with Gasteiger partial charge in [-0.1, -0.05) is 237 Å². The van der Waals surface area contributed by atoms with E-state index < -0.39 is 6.10 Å². The monoisotopic (exact) mass is 1030 g/mol. The molecule has 0 aliphatic heterocycles. The maximum absolute atomic E-state index is 12.8. The second kappa shape index (κ2) is 61.8. The Morgan fingerprint density at radius 2 is 0.533 bits per heavy atom. The van der Waals surface area contributed by atoms with E-state index in [-0.39, 0.29) is 31.1 Å². The summed E-state index contributed by atoms with van der Waals surface area (Å²) in [7, 11) is 0. The third kappa shape index (κ3) is 60.0. The second-order valence-corrected chi connectivity index (χ2v) is 19.5. The molecule has 0 saturated carbocycles. The van der Waals surface area contributed by atoms with Gasteiger partial charge < -0.3 is 14.2 Å². The standard InChI is InChI=1S/C69H110O6/c1-4-7-10-13-16-19-22-25-27-28-29-30-31-32-33-34-35-36-37-38-39-40-41-42-43-45-47-50-53-56-59-62-68(71)74-65-66(64-73-67(70)61-58-55-52-49-46-24-21-18-15-12-9-6-3)75-69(72)63-60-57-54-51-48-44-26-23-20-17-14-11-8-5-2/h7,10,14,16-19,21,23,25-27,29-30,32-33,35-36,38-39,41-42,45,47,66H,4-6,8-9,11-13,15,20,22,24,28,31,34,37,40,43-44,46,48-65H2,1-3H3/b10-7-,17-14-,19-16-,21-18-,26-23-,27-25-,30-29-,33-32-,36-35-,39-38-,42-41-,47-45-. The van der Waals surface area contributed by atoms with Crippen LogP contribution >= 0.6 is 0 Å². The number of rotatable bonds is 53. The number of carbonyl (C=O) groups is 3.